The Kier molecular flexibility index (Phi) is 7.64. The van der Waals surface area contributed by atoms with E-state index in [2.05, 4.69) is 10.3 Å². The fourth-order valence-electron chi connectivity index (χ4n) is 2.06. The first kappa shape index (κ1) is 19.1. The number of hydrogen-bond donors (Lipinski definition) is 1. The summed E-state index contributed by atoms with van der Waals surface area (Å²) in [6.07, 6.45) is 0. The summed E-state index contributed by atoms with van der Waals surface area (Å²) >= 11 is 0. The topological polar surface area (TPSA) is 42.0 Å². The quantitative estimate of drug-likeness (QED) is 0.873. The number of hydrogen-bond acceptors (Lipinski definition) is 2. The van der Waals surface area contributed by atoms with E-state index in [1.54, 1.807) is 0 Å². The summed E-state index contributed by atoms with van der Waals surface area (Å²) in [6, 6.07) is 7.89. The van der Waals surface area contributed by atoms with Gasteiger partial charge in [-0.05, 0) is 39.3 Å². The lowest BCUT2D eigenvalue weighted by Gasteiger charge is -2.14. The second-order valence-corrected chi connectivity index (χ2v) is 4.84. The summed E-state index contributed by atoms with van der Waals surface area (Å²) in [6.45, 7) is 11.8. The Bertz CT molecular complexity index is 603. The van der Waals surface area contributed by atoms with Crippen LogP contribution in [0, 0.1) is 13.8 Å². The lowest BCUT2D eigenvalue weighted by molar-refractivity contribution is 0.0944. The summed E-state index contributed by atoms with van der Waals surface area (Å²) in [5, 5.41) is 3.87. The molecule has 1 aromatic carbocycles. The predicted octanol–water partition coefficient (Wildman–Crippen LogP) is 4.65. The predicted molar refractivity (Wildman–Crippen MR) is 91.9 cm³/mol. The molecular weight excluding hydrogens is 260 g/mol. The van der Waals surface area contributed by atoms with E-state index in [-0.39, 0.29) is 19.4 Å². The molecule has 0 unspecified atom stereocenters. The van der Waals surface area contributed by atoms with E-state index in [9.17, 15) is 4.79 Å². The summed E-state index contributed by atoms with van der Waals surface area (Å²) in [5.74, 6) is -0.0239. The standard InChI is InChI=1S/C15H18N2O.C2H6.CH4/c1-9(2)16-15(18)14-10(3)11(4)17-13-8-6-5-7-12(13)14;1-2;/h5-9H,1-4H3,(H,16,18);1-2H3;1H4. The number of nitrogens with one attached hydrogen (secondary N) is 1. The number of aryl methyl sites for hydroxylation is 1. The van der Waals surface area contributed by atoms with Gasteiger partial charge in [0, 0.05) is 17.1 Å². The minimum Gasteiger partial charge on any atom is -0.350 e. The van der Waals surface area contributed by atoms with Gasteiger partial charge >= 0.3 is 0 Å². The molecule has 2 aromatic rings. The van der Waals surface area contributed by atoms with E-state index in [0.717, 1.165) is 27.7 Å². The number of carbonyl (C=O) groups is 1. The molecular formula is C18H28N2O. The van der Waals surface area contributed by atoms with Gasteiger partial charge in [-0.2, -0.15) is 0 Å². The summed E-state index contributed by atoms with van der Waals surface area (Å²) < 4.78 is 0. The Labute approximate surface area is 128 Å². The van der Waals surface area contributed by atoms with Gasteiger partial charge in [0.1, 0.15) is 0 Å². The van der Waals surface area contributed by atoms with Crippen LogP contribution in [0.1, 0.15) is 56.7 Å². The van der Waals surface area contributed by atoms with Crippen LogP contribution in [0.3, 0.4) is 0 Å². The molecule has 1 N–H and O–H groups in total. The average Bonchev–Trinajstić information content (AvgIpc) is 2.41. The zero-order valence-corrected chi connectivity index (χ0v) is 13.2. The van der Waals surface area contributed by atoms with Crippen LogP contribution in [0.4, 0.5) is 0 Å². The van der Waals surface area contributed by atoms with Crippen molar-refractivity contribution >= 4 is 16.8 Å². The highest BCUT2D eigenvalue weighted by atomic mass is 16.1. The van der Waals surface area contributed by atoms with Crippen molar-refractivity contribution in [2.24, 2.45) is 0 Å². The third kappa shape index (κ3) is 4.28. The largest absolute Gasteiger partial charge is 0.350 e. The van der Waals surface area contributed by atoms with Crippen LogP contribution < -0.4 is 5.32 Å². The van der Waals surface area contributed by atoms with Gasteiger partial charge in [0.25, 0.3) is 5.91 Å². The molecule has 0 aliphatic carbocycles. The van der Waals surface area contributed by atoms with Gasteiger partial charge in [-0.25, -0.2) is 0 Å². The van der Waals surface area contributed by atoms with E-state index in [1.807, 2.05) is 65.8 Å². The normalized spacial score (nSPS) is 9.67. The summed E-state index contributed by atoms with van der Waals surface area (Å²) in [7, 11) is 0. The maximum absolute atomic E-state index is 12.3. The fraction of sp³-hybridized carbons (Fsp3) is 0.444. The number of aromatic nitrogens is 1. The highest BCUT2D eigenvalue weighted by Gasteiger charge is 2.16. The first-order valence-electron chi connectivity index (χ1n) is 7.17. The Morgan fingerprint density at radius 3 is 2.29 bits per heavy atom. The molecule has 0 atom stereocenters. The zero-order valence-electron chi connectivity index (χ0n) is 13.2. The molecule has 2 rings (SSSR count). The maximum Gasteiger partial charge on any atom is 0.252 e. The van der Waals surface area contributed by atoms with Gasteiger partial charge in [0.2, 0.25) is 0 Å². The fourth-order valence-corrected chi connectivity index (χ4v) is 2.06. The number of nitrogens with zero attached hydrogens (tertiary/aromatic N) is 1. The van der Waals surface area contributed by atoms with Crippen molar-refractivity contribution in [1.82, 2.24) is 10.3 Å². The van der Waals surface area contributed by atoms with Gasteiger partial charge < -0.3 is 5.32 Å². The zero-order chi connectivity index (χ0) is 15.3. The van der Waals surface area contributed by atoms with Crippen LogP contribution >= 0.6 is 0 Å². The lowest BCUT2D eigenvalue weighted by Crippen LogP contribution is -2.31. The molecule has 0 saturated heterocycles. The van der Waals surface area contributed by atoms with Crippen molar-refractivity contribution in [2.45, 2.75) is 55.0 Å². The maximum atomic E-state index is 12.3. The number of carbonyl (C=O) groups excluding carboxylic acids is 1. The minimum atomic E-state index is -0.0239. The Morgan fingerprint density at radius 2 is 1.71 bits per heavy atom. The van der Waals surface area contributed by atoms with Crippen molar-refractivity contribution in [2.75, 3.05) is 0 Å². The first-order chi connectivity index (χ1) is 9.50. The molecule has 1 amide bonds. The van der Waals surface area contributed by atoms with Crippen molar-refractivity contribution < 1.29 is 4.79 Å². The number of para-hydroxylation sites is 1. The number of benzene rings is 1. The molecule has 1 aromatic heterocycles. The molecule has 1 heterocycles. The average molecular weight is 288 g/mol. The van der Waals surface area contributed by atoms with E-state index in [1.165, 1.54) is 0 Å². The van der Waals surface area contributed by atoms with Crippen molar-refractivity contribution in [3.63, 3.8) is 0 Å². The van der Waals surface area contributed by atoms with E-state index in [0.29, 0.717) is 0 Å². The van der Waals surface area contributed by atoms with Crippen LogP contribution in [-0.4, -0.2) is 16.9 Å². The van der Waals surface area contributed by atoms with Gasteiger partial charge in [-0.15, -0.1) is 0 Å². The minimum absolute atomic E-state index is 0. The van der Waals surface area contributed by atoms with Crippen molar-refractivity contribution in [1.29, 1.82) is 0 Å². The Hall–Kier alpha value is -1.90. The van der Waals surface area contributed by atoms with Crippen LogP contribution in [0.5, 0.6) is 0 Å². The van der Waals surface area contributed by atoms with E-state index in [4.69, 9.17) is 0 Å². The van der Waals surface area contributed by atoms with Gasteiger partial charge in [-0.3, -0.25) is 9.78 Å². The van der Waals surface area contributed by atoms with Crippen LogP contribution in [0.2, 0.25) is 0 Å². The second-order valence-electron chi connectivity index (χ2n) is 4.84. The first-order valence-corrected chi connectivity index (χ1v) is 7.17. The van der Waals surface area contributed by atoms with Crippen LogP contribution in [0.25, 0.3) is 10.9 Å². The molecule has 0 aliphatic heterocycles. The molecule has 0 bridgehead atoms. The Balaban J connectivity index is 0.00000128. The molecule has 0 fully saturated rings. The number of fused-ring (bicyclic) bond motifs is 1. The third-order valence-electron chi connectivity index (χ3n) is 3.03. The van der Waals surface area contributed by atoms with Crippen LogP contribution in [0.15, 0.2) is 24.3 Å². The summed E-state index contributed by atoms with van der Waals surface area (Å²) in [4.78, 5) is 16.8. The van der Waals surface area contributed by atoms with Crippen molar-refractivity contribution in [3.05, 3.63) is 41.1 Å². The second kappa shape index (κ2) is 8.40. The van der Waals surface area contributed by atoms with Crippen LogP contribution in [-0.2, 0) is 0 Å². The molecule has 0 radical (unpaired) electrons. The van der Waals surface area contributed by atoms with Gasteiger partial charge in [-0.1, -0.05) is 39.5 Å². The molecule has 21 heavy (non-hydrogen) atoms. The number of pyridine rings is 1. The van der Waals surface area contributed by atoms with E-state index < -0.39 is 0 Å². The smallest absolute Gasteiger partial charge is 0.252 e. The Morgan fingerprint density at radius 1 is 1.14 bits per heavy atom. The molecule has 0 saturated carbocycles. The number of amides is 1. The molecule has 0 spiro atoms. The molecule has 3 nitrogen and oxygen atoms in total. The van der Waals surface area contributed by atoms with E-state index >= 15 is 0 Å². The third-order valence-corrected chi connectivity index (χ3v) is 3.03. The molecule has 3 heteroatoms. The monoisotopic (exact) mass is 288 g/mol. The molecule has 116 valence electrons. The lowest BCUT2D eigenvalue weighted by atomic mass is 10.0. The molecule has 0 aliphatic rings. The van der Waals surface area contributed by atoms with Gasteiger partial charge in [0.15, 0.2) is 0 Å². The summed E-state index contributed by atoms with van der Waals surface area (Å²) in [5.41, 5.74) is 3.47. The SMILES string of the molecule is C.CC.Cc1nc2ccccc2c(C(=O)NC(C)C)c1C. The number of rotatable bonds is 2. The van der Waals surface area contributed by atoms with Gasteiger partial charge in [0.05, 0.1) is 11.1 Å². The highest BCUT2D eigenvalue weighted by molar-refractivity contribution is 6.07. The highest BCUT2D eigenvalue weighted by Crippen LogP contribution is 2.22. The van der Waals surface area contributed by atoms with Crippen molar-refractivity contribution in [3.8, 4) is 0 Å².